The fourth-order valence-corrected chi connectivity index (χ4v) is 3.89. The van der Waals surface area contributed by atoms with Crippen molar-refractivity contribution in [3.63, 3.8) is 0 Å². The molecule has 2 bridgehead atoms. The van der Waals surface area contributed by atoms with Crippen molar-refractivity contribution in [1.29, 1.82) is 0 Å². The van der Waals surface area contributed by atoms with E-state index in [1.54, 1.807) is 24.3 Å². The van der Waals surface area contributed by atoms with Crippen molar-refractivity contribution in [2.24, 2.45) is 16.7 Å². The van der Waals surface area contributed by atoms with Crippen molar-refractivity contribution in [2.75, 3.05) is 5.32 Å². The molecule has 0 unspecified atom stereocenters. The summed E-state index contributed by atoms with van der Waals surface area (Å²) in [6.07, 6.45) is 2.34. The van der Waals surface area contributed by atoms with Crippen LogP contribution in [0, 0.1) is 16.7 Å². The van der Waals surface area contributed by atoms with E-state index in [-0.39, 0.29) is 17.1 Å². The number of fused-ring (bicyclic) bond motifs is 2. The lowest BCUT2D eigenvalue weighted by atomic mass is 9.70. The Hall–Kier alpha value is -1.35. The van der Waals surface area contributed by atoms with E-state index in [0.29, 0.717) is 29.5 Å². The van der Waals surface area contributed by atoms with Gasteiger partial charge in [-0.05, 0) is 49.4 Å². The molecule has 3 rings (SSSR count). The van der Waals surface area contributed by atoms with Crippen LogP contribution in [0.5, 0.6) is 0 Å². The Morgan fingerprint density at radius 2 is 1.95 bits per heavy atom. The number of halogens is 1. The van der Waals surface area contributed by atoms with Gasteiger partial charge in [-0.25, -0.2) is 0 Å². The van der Waals surface area contributed by atoms with Crippen molar-refractivity contribution in [3.8, 4) is 0 Å². The number of carbonyl (C=O) groups is 2. The molecule has 1 N–H and O–H groups in total. The molecule has 20 heavy (non-hydrogen) atoms. The summed E-state index contributed by atoms with van der Waals surface area (Å²) in [6.45, 7) is 3.94. The van der Waals surface area contributed by atoms with Gasteiger partial charge in [-0.15, -0.1) is 0 Å². The van der Waals surface area contributed by atoms with E-state index >= 15 is 0 Å². The quantitative estimate of drug-likeness (QED) is 0.845. The molecule has 2 fully saturated rings. The highest BCUT2D eigenvalue weighted by atomic mass is 35.5. The van der Waals surface area contributed by atoms with Gasteiger partial charge >= 0.3 is 0 Å². The van der Waals surface area contributed by atoms with E-state index in [1.807, 2.05) is 13.8 Å². The van der Waals surface area contributed by atoms with Crippen LogP contribution in [0.1, 0.15) is 33.1 Å². The minimum absolute atomic E-state index is 0.104. The molecule has 2 atom stereocenters. The van der Waals surface area contributed by atoms with Gasteiger partial charge in [0.25, 0.3) is 0 Å². The first kappa shape index (κ1) is 13.6. The molecule has 1 aromatic rings. The van der Waals surface area contributed by atoms with Crippen LogP contribution in [0.3, 0.4) is 0 Å². The van der Waals surface area contributed by atoms with Gasteiger partial charge < -0.3 is 5.32 Å². The predicted octanol–water partition coefficient (Wildman–Crippen LogP) is 3.67. The fourth-order valence-electron chi connectivity index (χ4n) is 3.76. The zero-order valence-electron chi connectivity index (χ0n) is 11.7. The van der Waals surface area contributed by atoms with Crippen LogP contribution in [0.2, 0.25) is 5.02 Å². The average Bonchev–Trinajstić information content (AvgIpc) is 2.93. The predicted molar refractivity (Wildman–Crippen MR) is 78.6 cm³/mol. The van der Waals surface area contributed by atoms with Gasteiger partial charge in [0, 0.05) is 16.1 Å². The third-order valence-corrected chi connectivity index (χ3v) is 5.34. The minimum atomic E-state index is -0.812. The molecule has 3 nitrogen and oxygen atoms in total. The molecule has 0 radical (unpaired) electrons. The Morgan fingerprint density at radius 3 is 2.50 bits per heavy atom. The third kappa shape index (κ3) is 1.80. The monoisotopic (exact) mass is 291 g/mol. The first-order valence-corrected chi connectivity index (χ1v) is 7.36. The molecule has 4 heteroatoms. The van der Waals surface area contributed by atoms with Crippen LogP contribution in [0.4, 0.5) is 5.69 Å². The van der Waals surface area contributed by atoms with E-state index in [9.17, 15) is 9.59 Å². The van der Waals surface area contributed by atoms with Crippen molar-refractivity contribution >= 4 is 29.0 Å². The largest absolute Gasteiger partial charge is 0.325 e. The third-order valence-electron chi connectivity index (χ3n) is 5.09. The van der Waals surface area contributed by atoms with Crippen molar-refractivity contribution in [3.05, 3.63) is 29.3 Å². The van der Waals surface area contributed by atoms with Crippen LogP contribution in [-0.4, -0.2) is 11.7 Å². The summed E-state index contributed by atoms with van der Waals surface area (Å²) in [7, 11) is 0. The van der Waals surface area contributed by atoms with E-state index in [4.69, 9.17) is 11.6 Å². The fraction of sp³-hybridized carbons (Fsp3) is 0.500. The second-order valence-corrected chi connectivity index (χ2v) is 6.97. The molecular formula is C16H18ClNO2. The number of benzene rings is 1. The number of rotatable bonds is 2. The second kappa shape index (κ2) is 4.32. The molecule has 0 saturated heterocycles. The molecule has 0 spiro atoms. The van der Waals surface area contributed by atoms with E-state index in [1.165, 1.54) is 0 Å². The molecule has 2 aliphatic carbocycles. The molecule has 2 aliphatic rings. The maximum absolute atomic E-state index is 12.6. The maximum atomic E-state index is 12.6. The minimum Gasteiger partial charge on any atom is -0.325 e. The number of hydrogen-bond acceptors (Lipinski definition) is 2. The topological polar surface area (TPSA) is 46.2 Å². The van der Waals surface area contributed by atoms with E-state index in [2.05, 4.69) is 5.32 Å². The molecule has 1 aromatic carbocycles. The lowest BCUT2D eigenvalue weighted by molar-refractivity contribution is -0.142. The van der Waals surface area contributed by atoms with Gasteiger partial charge in [-0.1, -0.05) is 25.4 Å². The number of nitrogens with one attached hydrogen (secondary N) is 1. The Balaban J connectivity index is 1.84. The lowest BCUT2D eigenvalue weighted by Gasteiger charge is -2.32. The summed E-state index contributed by atoms with van der Waals surface area (Å²) in [6, 6.07) is 6.97. The summed E-state index contributed by atoms with van der Waals surface area (Å²) < 4.78 is 0. The highest BCUT2D eigenvalue weighted by molar-refractivity contribution is 6.30. The first-order valence-electron chi connectivity index (χ1n) is 6.98. The summed E-state index contributed by atoms with van der Waals surface area (Å²) >= 11 is 5.83. The number of amides is 1. The molecule has 0 aliphatic heterocycles. The Kier molecular flexibility index (Phi) is 2.94. The molecular weight excluding hydrogens is 274 g/mol. The molecule has 0 heterocycles. The SMILES string of the molecule is CC1(C)C(=O)[C@]2(C(=O)Nc3ccc(Cl)cc3)CC[C@@H]1C2. The van der Waals surface area contributed by atoms with Crippen LogP contribution >= 0.6 is 11.6 Å². The highest BCUT2D eigenvalue weighted by Crippen LogP contribution is 2.60. The maximum Gasteiger partial charge on any atom is 0.238 e. The van der Waals surface area contributed by atoms with Gasteiger partial charge in [0.2, 0.25) is 5.91 Å². The first-order chi connectivity index (χ1) is 9.36. The number of hydrogen-bond donors (Lipinski definition) is 1. The normalized spacial score (nSPS) is 30.6. The van der Waals surface area contributed by atoms with Gasteiger partial charge in [-0.2, -0.15) is 0 Å². The summed E-state index contributed by atoms with van der Waals surface area (Å²) in [5.74, 6) is 0.288. The Bertz CT molecular complexity index is 579. The van der Waals surface area contributed by atoms with Gasteiger partial charge in [-0.3, -0.25) is 9.59 Å². The number of carbonyl (C=O) groups excluding carboxylic acids is 2. The smallest absolute Gasteiger partial charge is 0.238 e. The van der Waals surface area contributed by atoms with Crippen molar-refractivity contribution < 1.29 is 9.59 Å². The van der Waals surface area contributed by atoms with Crippen molar-refractivity contribution in [1.82, 2.24) is 0 Å². The standard InChI is InChI=1S/C16H18ClNO2/c1-15(2)10-7-8-16(9-10,13(15)19)14(20)18-12-5-3-11(17)4-6-12/h3-6,10H,7-9H2,1-2H3,(H,18,20)/t10-,16+/m1/s1. The van der Waals surface area contributed by atoms with Crippen LogP contribution in [0.15, 0.2) is 24.3 Å². The summed E-state index contributed by atoms with van der Waals surface area (Å²) in [4.78, 5) is 25.2. The summed E-state index contributed by atoms with van der Waals surface area (Å²) in [5, 5.41) is 3.50. The molecule has 0 aromatic heterocycles. The van der Waals surface area contributed by atoms with Crippen LogP contribution < -0.4 is 5.32 Å². The average molecular weight is 292 g/mol. The Labute approximate surface area is 123 Å². The highest BCUT2D eigenvalue weighted by Gasteiger charge is 2.64. The Morgan fingerprint density at radius 1 is 1.30 bits per heavy atom. The van der Waals surface area contributed by atoms with Crippen LogP contribution in [0.25, 0.3) is 0 Å². The summed E-state index contributed by atoms with van der Waals surface area (Å²) in [5.41, 5.74) is -0.488. The molecule has 2 saturated carbocycles. The zero-order chi connectivity index (χ0) is 14.5. The number of Topliss-reactive ketones (excluding diaryl/α,β-unsaturated/α-hetero) is 1. The van der Waals surface area contributed by atoms with Gasteiger partial charge in [0.05, 0.1) is 0 Å². The van der Waals surface area contributed by atoms with Crippen LogP contribution in [-0.2, 0) is 9.59 Å². The van der Waals surface area contributed by atoms with E-state index in [0.717, 1.165) is 6.42 Å². The second-order valence-electron chi connectivity index (χ2n) is 6.53. The lowest BCUT2D eigenvalue weighted by Crippen LogP contribution is -2.44. The van der Waals surface area contributed by atoms with Crippen molar-refractivity contribution in [2.45, 2.75) is 33.1 Å². The molecule has 1 amide bonds. The number of anilines is 1. The zero-order valence-corrected chi connectivity index (χ0v) is 12.5. The van der Waals surface area contributed by atoms with Gasteiger partial charge in [0.15, 0.2) is 5.78 Å². The van der Waals surface area contributed by atoms with Gasteiger partial charge in [0.1, 0.15) is 5.41 Å². The van der Waals surface area contributed by atoms with E-state index < -0.39 is 5.41 Å². The number of ketones is 1. The molecule has 106 valence electrons.